The van der Waals surface area contributed by atoms with Crippen molar-refractivity contribution in [3.05, 3.63) is 88.5 Å². The van der Waals surface area contributed by atoms with E-state index in [1.807, 2.05) is 66.5 Å². The molecule has 1 spiro atoms. The summed E-state index contributed by atoms with van der Waals surface area (Å²) in [6, 6.07) is 19.7. The Morgan fingerprint density at radius 3 is 2.71 bits per heavy atom. The molecular formula is C32H34N2O4. The van der Waals surface area contributed by atoms with E-state index in [4.69, 9.17) is 9.47 Å². The zero-order valence-electron chi connectivity index (χ0n) is 22.2. The maximum atomic E-state index is 14.3. The molecular weight excluding hydrogens is 476 g/mol. The minimum absolute atomic E-state index is 0.0149. The molecule has 3 aromatic rings. The van der Waals surface area contributed by atoms with E-state index in [0.29, 0.717) is 18.7 Å². The monoisotopic (exact) mass is 510 g/mol. The summed E-state index contributed by atoms with van der Waals surface area (Å²) < 4.78 is 11.9. The topological polar surface area (TPSA) is 59.1 Å². The van der Waals surface area contributed by atoms with Crippen LogP contribution in [-0.2, 0) is 23.2 Å². The van der Waals surface area contributed by atoms with E-state index in [2.05, 4.69) is 13.0 Å². The highest BCUT2D eigenvalue weighted by Gasteiger charge is 2.57. The van der Waals surface area contributed by atoms with E-state index in [9.17, 15) is 9.59 Å². The van der Waals surface area contributed by atoms with Gasteiger partial charge in [-0.05, 0) is 47.4 Å². The summed E-state index contributed by atoms with van der Waals surface area (Å²) in [5.41, 5.74) is 4.64. The number of ether oxygens (including phenoxy) is 2. The van der Waals surface area contributed by atoms with Gasteiger partial charge in [-0.15, -0.1) is 0 Å². The lowest BCUT2D eigenvalue weighted by Gasteiger charge is -2.24. The Hall–Kier alpha value is -3.80. The largest absolute Gasteiger partial charge is 0.493 e. The van der Waals surface area contributed by atoms with Crippen molar-refractivity contribution in [3.8, 4) is 11.5 Å². The molecule has 0 N–H and O–H groups in total. The summed E-state index contributed by atoms with van der Waals surface area (Å²) in [5.74, 6) is 1.61. The van der Waals surface area contributed by atoms with E-state index in [1.165, 1.54) is 12.8 Å². The molecule has 2 amide bonds. The zero-order valence-corrected chi connectivity index (χ0v) is 22.2. The first-order chi connectivity index (χ1) is 18.5. The van der Waals surface area contributed by atoms with Crippen LogP contribution in [0.2, 0.25) is 0 Å². The van der Waals surface area contributed by atoms with Gasteiger partial charge in [0.05, 0.1) is 13.2 Å². The first-order valence-electron chi connectivity index (χ1n) is 13.7. The quantitative estimate of drug-likeness (QED) is 0.376. The van der Waals surface area contributed by atoms with Crippen molar-refractivity contribution >= 4 is 17.5 Å². The number of fused-ring (bicyclic) bond motifs is 5. The van der Waals surface area contributed by atoms with Gasteiger partial charge < -0.3 is 19.3 Å². The van der Waals surface area contributed by atoms with Crippen molar-refractivity contribution in [2.24, 2.45) is 0 Å². The molecule has 3 aromatic carbocycles. The molecule has 0 bridgehead atoms. The number of unbranched alkanes of at least 4 members (excludes halogenated alkanes) is 3. The lowest BCUT2D eigenvalue weighted by Crippen LogP contribution is -2.42. The number of benzene rings is 3. The maximum Gasteiger partial charge on any atom is 0.253 e. The van der Waals surface area contributed by atoms with Crippen LogP contribution in [0.5, 0.6) is 11.5 Å². The normalized spacial score (nSPS) is 18.7. The maximum absolute atomic E-state index is 14.3. The number of hydrogen-bond donors (Lipinski definition) is 0. The molecule has 3 aliphatic heterocycles. The standard InChI is InChI=1S/C32H34N2O4/c1-3-4-5-8-15-33(2)30(35)24-11-9-10-22(17-24)20-34-27-13-7-6-12-25(27)32(31(34)36)21-38-29-19-28-23(14-16-37-28)18-26(29)32/h6-7,9-13,17-19H,3-5,8,14-16,20-21H2,1-2H3. The fourth-order valence-electron chi connectivity index (χ4n) is 6.09. The third kappa shape index (κ3) is 3.94. The molecule has 6 nitrogen and oxygen atoms in total. The van der Waals surface area contributed by atoms with E-state index in [0.717, 1.165) is 65.2 Å². The number of nitrogens with zero attached hydrogens (tertiary/aromatic N) is 2. The Kier molecular flexibility index (Phi) is 6.34. The molecule has 0 radical (unpaired) electrons. The second kappa shape index (κ2) is 9.82. The van der Waals surface area contributed by atoms with E-state index in [-0.39, 0.29) is 18.4 Å². The Bertz CT molecular complexity index is 1400. The third-order valence-corrected chi connectivity index (χ3v) is 8.17. The van der Waals surface area contributed by atoms with Gasteiger partial charge in [0.15, 0.2) is 0 Å². The van der Waals surface area contributed by atoms with Crippen molar-refractivity contribution in [2.45, 2.75) is 51.0 Å². The summed E-state index contributed by atoms with van der Waals surface area (Å²) in [6.07, 6.45) is 5.35. The van der Waals surface area contributed by atoms with Gasteiger partial charge in [-0.1, -0.05) is 56.5 Å². The molecule has 6 heteroatoms. The number of hydrogen-bond acceptors (Lipinski definition) is 4. The highest BCUT2D eigenvalue weighted by Crippen LogP contribution is 2.54. The SMILES string of the molecule is CCCCCCN(C)C(=O)c1cccc(CN2C(=O)C3(COc4cc5c(cc43)CCO5)c3ccccc32)c1. The van der Waals surface area contributed by atoms with Gasteiger partial charge >= 0.3 is 0 Å². The molecule has 3 aliphatic rings. The predicted octanol–water partition coefficient (Wildman–Crippen LogP) is 5.50. The molecule has 0 aromatic heterocycles. The summed E-state index contributed by atoms with van der Waals surface area (Å²) in [5, 5.41) is 0. The Morgan fingerprint density at radius 1 is 0.974 bits per heavy atom. The van der Waals surface area contributed by atoms with Gasteiger partial charge in [0.2, 0.25) is 5.91 Å². The molecule has 0 fully saturated rings. The fourth-order valence-corrected chi connectivity index (χ4v) is 6.09. The number of carbonyl (C=O) groups excluding carboxylic acids is 2. The lowest BCUT2D eigenvalue weighted by molar-refractivity contribution is -0.122. The average Bonchev–Trinajstić information content (AvgIpc) is 3.62. The molecule has 6 rings (SSSR count). The van der Waals surface area contributed by atoms with Crippen LogP contribution in [0.15, 0.2) is 60.7 Å². The van der Waals surface area contributed by atoms with Crippen LogP contribution in [0, 0.1) is 0 Å². The molecule has 38 heavy (non-hydrogen) atoms. The predicted molar refractivity (Wildman–Crippen MR) is 147 cm³/mol. The van der Waals surface area contributed by atoms with Gasteiger partial charge in [0.25, 0.3) is 5.91 Å². The minimum Gasteiger partial charge on any atom is -0.493 e. The number of amides is 2. The second-order valence-electron chi connectivity index (χ2n) is 10.6. The molecule has 0 saturated carbocycles. The Labute approximate surface area is 224 Å². The van der Waals surface area contributed by atoms with Crippen LogP contribution >= 0.6 is 0 Å². The van der Waals surface area contributed by atoms with Gasteiger partial charge in [0.1, 0.15) is 23.5 Å². The van der Waals surface area contributed by atoms with Gasteiger partial charge in [-0.3, -0.25) is 9.59 Å². The lowest BCUT2D eigenvalue weighted by atomic mass is 9.76. The number of carbonyl (C=O) groups is 2. The van der Waals surface area contributed by atoms with Crippen LogP contribution in [0.25, 0.3) is 0 Å². The summed E-state index contributed by atoms with van der Waals surface area (Å²) in [4.78, 5) is 31.1. The number of rotatable bonds is 8. The molecule has 3 heterocycles. The third-order valence-electron chi connectivity index (χ3n) is 8.17. The minimum atomic E-state index is -0.865. The second-order valence-corrected chi connectivity index (χ2v) is 10.6. The summed E-state index contributed by atoms with van der Waals surface area (Å²) in [6.45, 7) is 4.26. The molecule has 1 unspecified atom stereocenters. The van der Waals surface area contributed by atoms with Gasteiger partial charge in [0, 0.05) is 42.9 Å². The van der Waals surface area contributed by atoms with Crippen molar-refractivity contribution < 1.29 is 19.1 Å². The zero-order chi connectivity index (χ0) is 26.3. The molecule has 0 saturated heterocycles. The van der Waals surface area contributed by atoms with Crippen LogP contribution in [0.4, 0.5) is 5.69 Å². The van der Waals surface area contributed by atoms with E-state index >= 15 is 0 Å². The van der Waals surface area contributed by atoms with Crippen LogP contribution < -0.4 is 14.4 Å². The fraction of sp³-hybridized carbons (Fsp3) is 0.375. The Balaban J connectivity index is 1.28. The molecule has 0 aliphatic carbocycles. The smallest absolute Gasteiger partial charge is 0.253 e. The van der Waals surface area contributed by atoms with Crippen molar-refractivity contribution in [2.75, 3.05) is 31.7 Å². The van der Waals surface area contributed by atoms with E-state index in [1.54, 1.807) is 4.90 Å². The molecule has 196 valence electrons. The van der Waals surface area contributed by atoms with Crippen LogP contribution in [-0.4, -0.2) is 43.5 Å². The molecule has 1 atom stereocenters. The van der Waals surface area contributed by atoms with E-state index < -0.39 is 5.41 Å². The first kappa shape index (κ1) is 24.5. The van der Waals surface area contributed by atoms with Gasteiger partial charge in [-0.25, -0.2) is 0 Å². The average molecular weight is 511 g/mol. The van der Waals surface area contributed by atoms with Crippen LogP contribution in [0.3, 0.4) is 0 Å². The van der Waals surface area contributed by atoms with Crippen molar-refractivity contribution in [3.63, 3.8) is 0 Å². The number of para-hydroxylation sites is 1. The Morgan fingerprint density at radius 2 is 1.84 bits per heavy atom. The number of anilines is 1. The summed E-state index contributed by atoms with van der Waals surface area (Å²) >= 11 is 0. The highest BCUT2D eigenvalue weighted by molar-refractivity contribution is 6.11. The van der Waals surface area contributed by atoms with Gasteiger partial charge in [-0.2, -0.15) is 0 Å². The first-order valence-corrected chi connectivity index (χ1v) is 13.7. The summed E-state index contributed by atoms with van der Waals surface area (Å²) in [7, 11) is 1.87. The van der Waals surface area contributed by atoms with Crippen LogP contribution in [0.1, 0.15) is 65.2 Å². The highest BCUT2D eigenvalue weighted by atomic mass is 16.5. The van der Waals surface area contributed by atoms with Crippen molar-refractivity contribution in [1.82, 2.24) is 4.90 Å². The van der Waals surface area contributed by atoms with Crippen molar-refractivity contribution in [1.29, 1.82) is 0 Å².